The molecular formula is C76H116N14. The van der Waals surface area contributed by atoms with E-state index in [9.17, 15) is 0 Å². The molecule has 14 heteroatoms. The lowest BCUT2D eigenvalue weighted by Crippen LogP contribution is -2.10. The van der Waals surface area contributed by atoms with Crippen molar-refractivity contribution < 1.29 is 0 Å². The van der Waals surface area contributed by atoms with E-state index in [4.69, 9.17) is 0 Å². The molecule has 0 radical (unpaired) electrons. The van der Waals surface area contributed by atoms with E-state index in [0.29, 0.717) is 0 Å². The monoisotopic (exact) mass is 1220 g/mol. The Hall–Kier alpha value is -7.74. The van der Waals surface area contributed by atoms with Crippen LogP contribution in [0.4, 0.5) is 0 Å². The van der Waals surface area contributed by atoms with Gasteiger partial charge in [0.25, 0.3) is 0 Å². The predicted octanol–water partition coefficient (Wildman–Crippen LogP) is 18.8. The third kappa shape index (κ3) is 26.4. The molecule has 0 spiro atoms. The molecule has 0 bridgehead atoms. The molecule has 7 aromatic heterocycles. The lowest BCUT2D eigenvalue weighted by molar-refractivity contribution is 0.642. The fourth-order valence-electron chi connectivity index (χ4n) is 8.73. The molecule has 8 aromatic rings. The molecule has 0 amide bonds. The third-order valence-corrected chi connectivity index (χ3v) is 14.2. The zero-order valence-electron chi connectivity index (χ0n) is 60.0. The smallest absolute Gasteiger partial charge is 0.0890 e. The highest BCUT2D eigenvalue weighted by atomic mass is 14.9. The maximum Gasteiger partial charge on any atom is 0.0890 e. The predicted molar refractivity (Wildman–Crippen MR) is 384 cm³/mol. The molecule has 5 aliphatic rings. The molecule has 1 aromatic carbocycles. The van der Waals surface area contributed by atoms with Crippen LogP contribution < -0.4 is 0 Å². The maximum atomic E-state index is 4.55. The number of nitrogens with zero attached hydrogens (tertiary/aromatic N) is 14. The third-order valence-electron chi connectivity index (χ3n) is 14.2. The lowest BCUT2D eigenvalue weighted by Gasteiger charge is -2.14. The Morgan fingerprint density at radius 1 is 0.244 bits per heavy atom. The molecule has 0 saturated heterocycles. The lowest BCUT2D eigenvalue weighted by atomic mass is 10.0. The summed E-state index contributed by atoms with van der Waals surface area (Å²) in [4.78, 5) is 61.6. The van der Waals surface area contributed by atoms with Gasteiger partial charge in [0.1, 0.15) is 0 Å². The van der Waals surface area contributed by atoms with Gasteiger partial charge in [-0.1, -0.05) is 127 Å². The quantitative estimate of drug-likeness (QED) is 0.131. The van der Waals surface area contributed by atoms with E-state index in [1.807, 2.05) is 216 Å². The molecular weight excluding hydrogens is 1110 g/mol. The summed E-state index contributed by atoms with van der Waals surface area (Å²) in [5, 5.41) is 0. The van der Waals surface area contributed by atoms with Crippen LogP contribution in [0.15, 0.2) is 61.0 Å². The number of para-hydroxylation sites is 2. The molecule has 14 nitrogen and oxygen atoms in total. The number of aromatic nitrogens is 14. The van der Waals surface area contributed by atoms with E-state index in [2.05, 4.69) is 94.1 Å². The van der Waals surface area contributed by atoms with Crippen molar-refractivity contribution in [3.05, 3.63) is 198 Å². The standard InChI is InChI=1S/C10H14N2.C10H12N2.C10H10N2.C9H12N2.2C9H10N2.C6H8N2.6C2H6.CH4/c3*1-7-8(2)12-10-6-4-3-5-9(10)11-7;3*1-6-7(2)11-9-5-3-4-8(9)10-6;1-5-6(2)8-4-3-7-5;6*1-2;/h3-6H2,1-2H3;3-4H,5-6H2,1-2H3;3-6H,1-2H3;3-5H2,1-2H3;2*3-4H,5H2,1-2H3;3-4H,1-2H3;6*1-2H3;1H4. The summed E-state index contributed by atoms with van der Waals surface area (Å²) in [6, 6.07) is 7.92. The van der Waals surface area contributed by atoms with E-state index >= 15 is 0 Å². The molecule has 0 aliphatic heterocycles. The van der Waals surface area contributed by atoms with Gasteiger partial charge in [0.05, 0.1) is 148 Å². The first-order valence-electron chi connectivity index (χ1n) is 33.0. The first kappa shape index (κ1) is 82.3. The Kier molecular flexibility index (Phi) is 41.6. The van der Waals surface area contributed by atoms with Gasteiger partial charge in [0.2, 0.25) is 0 Å². The van der Waals surface area contributed by atoms with E-state index < -0.39 is 0 Å². The van der Waals surface area contributed by atoms with E-state index in [1.165, 1.54) is 42.0 Å². The van der Waals surface area contributed by atoms with Crippen LogP contribution in [0.5, 0.6) is 0 Å². The van der Waals surface area contributed by atoms with E-state index in [1.54, 1.807) is 12.4 Å². The number of allylic oxidation sites excluding steroid dienone is 4. The average Bonchev–Trinajstić information content (AvgIpc) is 1.27. The topological polar surface area (TPSA) is 180 Å². The summed E-state index contributed by atoms with van der Waals surface area (Å²) in [6.07, 6.45) is 28.1. The summed E-state index contributed by atoms with van der Waals surface area (Å²) in [7, 11) is 0. The number of fused-ring (bicyclic) bond motifs is 6. The second kappa shape index (κ2) is 45.5. The molecule has 7 heterocycles. The highest BCUT2D eigenvalue weighted by molar-refractivity contribution is 5.74. The molecule has 0 saturated carbocycles. The summed E-state index contributed by atoms with van der Waals surface area (Å²) < 4.78 is 0. The van der Waals surface area contributed by atoms with Crippen LogP contribution in [0.1, 0.15) is 246 Å². The Labute approximate surface area is 546 Å². The molecule has 0 unspecified atom stereocenters. The van der Waals surface area contributed by atoms with Crippen LogP contribution in [0.25, 0.3) is 23.2 Å². The van der Waals surface area contributed by atoms with Gasteiger partial charge in [-0.15, -0.1) is 0 Å². The van der Waals surface area contributed by atoms with Crippen LogP contribution in [-0.2, 0) is 51.4 Å². The summed E-state index contributed by atoms with van der Waals surface area (Å²) in [5.41, 5.74) is 28.2. The minimum atomic E-state index is 0. The average molecular weight is 1230 g/mol. The number of aryl methyl sites for hydroxylation is 18. The van der Waals surface area contributed by atoms with Gasteiger partial charge in [-0.25, -0.2) is 19.9 Å². The molecule has 490 valence electrons. The van der Waals surface area contributed by atoms with E-state index in [-0.39, 0.29) is 7.43 Å². The zero-order valence-corrected chi connectivity index (χ0v) is 60.0. The summed E-state index contributed by atoms with van der Waals surface area (Å²) in [5.74, 6) is 0. The highest BCUT2D eigenvalue weighted by Crippen LogP contribution is 2.21. The van der Waals surface area contributed by atoms with Crippen LogP contribution in [-0.4, -0.2) is 69.8 Å². The first-order chi connectivity index (χ1) is 42.9. The summed E-state index contributed by atoms with van der Waals surface area (Å²) in [6.45, 7) is 52.0. The number of hydrogen-bond donors (Lipinski definition) is 0. The van der Waals surface area contributed by atoms with Crippen molar-refractivity contribution in [1.29, 1.82) is 0 Å². The van der Waals surface area contributed by atoms with Crippen molar-refractivity contribution in [1.82, 2.24) is 69.8 Å². The fraction of sp³-hybridized carbons (Fsp3) is 0.500. The second-order valence-electron chi connectivity index (χ2n) is 20.1. The molecule has 0 atom stereocenters. The minimum absolute atomic E-state index is 0. The summed E-state index contributed by atoms with van der Waals surface area (Å²) >= 11 is 0. The van der Waals surface area contributed by atoms with Crippen LogP contribution in [0.3, 0.4) is 0 Å². The molecule has 13 rings (SSSR count). The number of benzene rings is 1. The van der Waals surface area contributed by atoms with Crippen molar-refractivity contribution >= 4 is 23.2 Å². The van der Waals surface area contributed by atoms with Crippen molar-refractivity contribution in [2.75, 3.05) is 0 Å². The van der Waals surface area contributed by atoms with Crippen molar-refractivity contribution in [2.24, 2.45) is 0 Å². The SMILES string of the molecule is C.CC.CC.CC.CC.CC.CC.Cc1nc2c(nc1C)CC=C2.Cc1nc2c(nc1C)CC=C2.Cc1nc2c(nc1C)CC=CC2.Cc1nc2c(nc1C)CCC2.Cc1nc2c(nc1C)CCCC2.Cc1nc2ccccc2nc1C.Cc1nccnc1C. The Morgan fingerprint density at radius 3 is 0.767 bits per heavy atom. The number of hydrogen-bond acceptors (Lipinski definition) is 14. The van der Waals surface area contributed by atoms with Gasteiger partial charge in [0, 0.05) is 38.1 Å². The van der Waals surface area contributed by atoms with Crippen molar-refractivity contribution in [2.45, 2.75) is 258 Å². The molecule has 0 fully saturated rings. The van der Waals surface area contributed by atoms with Crippen LogP contribution in [0, 0.1) is 96.9 Å². The van der Waals surface area contributed by atoms with Crippen molar-refractivity contribution in [3.63, 3.8) is 0 Å². The van der Waals surface area contributed by atoms with Gasteiger partial charge in [-0.05, 0) is 166 Å². The number of rotatable bonds is 0. The van der Waals surface area contributed by atoms with Gasteiger partial charge < -0.3 is 0 Å². The van der Waals surface area contributed by atoms with Crippen LogP contribution >= 0.6 is 0 Å². The van der Waals surface area contributed by atoms with Gasteiger partial charge in [-0.3, -0.25) is 49.8 Å². The Bertz CT molecular complexity index is 3230. The minimum Gasteiger partial charge on any atom is -0.258 e. The Balaban J connectivity index is 0.000000998. The fourth-order valence-corrected chi connectivity index (χ4v) is 8.73. The van der Waals surface area contributed by atoms with Gasteiger partial charge in [-0.2, -0.15) is 0 Å². The first-order valence-corrected chi connectivity index (χ1v) is 33.0. The highest BCUT2D eigenvalue weighted by Gasteiger charge is 2.16. The van der Waals surface area contributed by atoms with E-state index in [0.717, 1.165) is 176 Å². The van der Waals surface area contributed by atoms with Crippen molar-refractivity contribution in [3.8, 4) is 0 Å². The maximum absolute atomic E-state index is 4.55. The molecule has 0 N–H and O–H groups in total. The molecule has 5 aliphatic carbocycles. The second-order valence-corrected chi connectivity index (χ2v) is 20.1. The molecule has 90 heavy (non-hydrogen) atoms. The Morgan fingerprint density at radius 2 is 0.478 bits per heavy atom. The van der Waals surface area contributed by atoms with Gasteiger partial charge >= 0.3 is 0 Å². The van der Waals surface area contributed by atoms with Gasteiger partial charge in [0.15, 0.2) is 0 Å². The normalized spacial score (nSPS) is 11.8. The van der Waals surface area contributed by atoms with Crippen LogP contribution in [0.2, 0.25) is 0 Å². The largest absolute Gasteiger partial charge is 0.258 e. The zero-order chi connectivity index (χ0) is 67.2.